The summed E-state index contributed by atoms with van der Waals surface area (Å²) in [5.74, 6) is 0.486. The molecule has 0 radical (unpaired) electrons. The number of carbonyl (C=O) groups is 2. The first-order valence-corrected chi connectivity index (χ1v) is 11.6. The first kappa shape index (κ1) is 23.5. The average molecular weight is 481 g/mol. The largest absolute Gasteiger partial charge is 0.482 e. The van der Waals surface area contributed by atoms with Crippen LogP contribution in [0, 0.1) is 0 Å². The van der Waals surface area contributed by atoms with Crippen molar-refractivity contribution in [3.63, 3.8) is 0 Å². The van der Waals surface area contributed by atoms with E-state index >= 15 is 0 Å². The third-order valence-electron chi connectivity index (χ3n) is 6.18. The second-order valence-electron chi connectivity index (χ2n) is 8.51. The lowest BCUT2D eigenvalue weighted by molar-refractivity contribution is 0.0214. The molecule has 180 valence electrons. The number of aliphatic hydroxyl groups excluding tert-OH is 2. The molecule has 4 unspecified atom stereocenters. The van der Waals surface area contributed by atoms with Crippen molar-refractivity contribution >= 4 is 11.6 Å². The van der Waals surface area contributed by atoms with Gasteiger partial charge in [-0.1, -0.05) is 84.9 Å². The summed E-state index contributed by atoms with van der Waals surface area (Å²) in [6, 6.07) is 32.5. The van der Waals surface area contributed by atoms with Gasteiger partial charge in [-0.15, -0.1) is 0 Å². The summed E-state index contributed by atoms with van der Waals surface area (Å²) in [4.78, 5) is 24.1. The highest BCUT2D eigenvalue weighted by molar-refractivity contribution is 6.03. The summed E-state index contributed by atoms with van der Waals surface area (Å²) in [7, 11) is 0. The first-order chi connectivity index (χ1) is 17.5. The van der Waals surface area contributed by atoms with Crippen LogP contribution in [0.25, 0.3) is 0 Å². The standard InChI is InChI=1S/2C15H12O3/c2*16-13-11-8-4-5-9-12(11)18-15(14(13)17)10-6-2-1-3-7-10/h2*1-9,14-15,17H. The van der Waals surface area contributed by atoms with Crippen LogP contribution in [-0.2, 0) is 0 Å². The van der Waals surface area contributed by atoms with Crippen LogP contribution in [0.1, 0.15) is 44.1 Å². The number of rotatable bonds is 2. The zero-order valence-electron chi connectivity index (χ0n) is 19.2. The van der Waals surface area contributed by atoms with Gasteiger partial charge >= 0.3 is 0 Å². The van der Waals surface area contributed by atoms with Crippen LogP contribution in [0.4, 0.5) is 0 Å². The number of fused-ring (bicyclic) bond motifs is 2. The zero-order chi connectivity index (χ0) is 25.1. The number of ether oxygens (including phenoxy) is 2. The van der Waals surface area contributed by atoms with Crippen LogP contribution < -0.4 is 9.47 Å². The number of ketones is 2. The normalized spacial score (nSPS) is 22.2. The highest BCUT2D eigenvalue weighted by Crippen LogP contribution is 2.36. The maximum absolute atomic E-state index is 12.1. The minimum Gasteiger partial charge on any atom is -0.482 e. The van der Waals surface area contributed by atoms with Gasteiger partial charge in [0.2, 0.25) is 0 Å². The Labute approximate surface area is 208 Å². The van der Waals surface area contributed by atoms with Crippen LogP contribution >= 0.6 is 0 Å². The SMILES string of the molecule is O=C1c2ccccc2OC(c2ccccc2)C1O.O=C1c2ccccc2OC(c2ccccc2)C1O. The number of para-hydroxylation sites is 2. The van der Waals surface area contributed by atoms with Crippen molar-refractivity contribution in [3.05, 3.63) is 131 Å². The van der Waals surface area contributed by atoms with Gasteiger partial charge in [0, 0.05) is 0 Å². The molecule has 0 amide bonds. The number of carbonyl (C=O) groups excluding carboxylic acids is 2. The fraction of sp³-hybridized carbons (Fsp3) is 0.133. The molecule has 0 saturated carbocycles. The summed E-state index contributed by atoms with van der Waals surface area (Å²) in [5.41, 5.74) is 2.48. The van der Waals surface area contributed by atoms with Crippen LogP contribution in [0.3, 0.4) is 0 Å². The quantitative estimate of drug-likeness (QED) is 0.431. The van der Waals surface area contributed by atoms with Crippen molar-refractivity contribution in [1.29, 1.82) is 0 Å². The number of benzene rings is 4. The van der Waals surface area contributed by atoms with Crippen LogP contribution in [-0.4, -0.2) is 34.0 Å². The van der Waals surface area contributed by atoms with Gasteiger partial charge in [0.25, 0.3) is 0 Å². The molecule has 4 aromatic carbocycles. The lowest BCUT2D eigenvalue weighted by Crippen LogP contribution is -2.36. The van der Waals surface area contributed by atoms with Crippen LogP contribution in [0.2, 0.25) is 0 Å². The van der Waals surface area contributed by atoms with Crippen molar-refractivity contribution in [2.75, 3.05) is 0 Å². The molecule has 0 spiro atoms. The monoisotopic (exact) mass is 480 g/mol. The van der Waals surface area contributed by atoms with Gasteiger partial charge < -0.3 is 19.7 Å². The molecule has 6 heteroatoms. The van der Waals surface area contributed by atoms with E-state index in [9.17, 15) is 19.8 Å². The minimum atomic E-state index is -1.15. The van der Waals surface area contributed by atoms with Crippen molar-refractivity contribution < 1.29 is 29.3 Å². The Morgan fingerprint density at radius 2 is 0.806 bits per heavy atom. The van der Waals surface area contributed by atoms with Gasteiger partial charge in [0.05, 0.1) is 11.1 Å². The number of Topliss-reactive ketones (excluding diaryl/α,β-unsaturated/α-hetero) is 2. The molecule has 2 N–H and O–H groups in total. The van der Waals surface area contributed by atoms with E-state index in [0.29, 0.717) is 22.6 Å². The third-order valence-corrected chi connectivity index (χ3v) is 6.18. The van der Waals surface area contributed by atoms with Crippen LogP contribution in [0.5, 0.6) is 11.5 Å². The molecular weight excluding hydrogens is 456 g/mol. The molecule has 6 nitrogen and oxygen atoms in total. The number of aliphatic hydroxyl groups is 2. The molecular formula is C30H24O6. The minimum absolute atomic E-state index is 0.286. The molecule has 4 atom stereocenters. The summed E-state index contributed by atoms with van der Waals surface area (Å²) in [6.45, 7) is 0. The van der Waals surface area contributed by atoms with Gasteiger partial charge in [0.15, 0.2) is 36.0 Å². The van der Waals surface area contributed by atoms with E-state index in [2.05, 4.69) is 0 Å². The molecule has 0 saturated heterocycles. The van der Waals surface area contributed by atoms with E-state index in [-0.39, 0.29) is 11.6 Å². The van der Waals surface area contributed by atoms with Gasteiger partial charge in [0.1, 0.15) is 11.5 Å². The van der Waals surface area contributed by atoms with Gasteiger partial charge in [-0.25, -0.2) is 0 Å². The Hall–Kier alpha value is -4.26. The van der Waals surface area contributed by atoms with Crippen molar-refractivity contribution in [2.24, 2.45) is 0 Å². The highest BCUT2D eigenvalue weighted by Gasteiger charge is 2.37. The maximum atomic E-state index is 12.1. The predicted molar refractivity (Wildman–Crippen MR) is 133 cm³/mol. The molecule has 0 fully saturated rings. The number of hydrogen-bond donors (Lipinski definition) is 2. The molecule has 0 aromatic heterocycles. The van der Waals surface area contributed by atoms with Crippen LogP contribution in [0.15, 0.2) is 109 Å². The first-order valence-electron chi connectivity index (χ1n) is 11.6. The molecule has 2 aliphatic heterocycles. The van der Waals surface area contributed by atoms with Crippen molar-refractivity contribution in [2.45, 2.75) is 24.4 Å². The van der Waals surface area contributed by atoms with Gasteiger partial charge in [-0.05, 0) is 35.4 Å². The van der Waals surface area contributed by atoms with Gasteiger partial charge in [-0.3, -0.25) is 9.59 Å². The Kier molecular flexibility index (Phi) is 6.62. The second-order valence-corrected chi connectivity index (χ2v) is 8.51. The molecule has 36 heavy (non-hydrogen) atoms. The van der Waals surface area contributed by atoms with Crippen molar-refractivity contribution in [1.82, 2.24) is 0 Å². The van der Waals surface area contributed by atoms with E-state index in [1.54, 1.807) is 36.4 Å². The lowest BCUT2D eigenvalue weighted by Gasteiger charge is -2.29. The second kappa shape index (κ2) is 10.2. The molecule has 2 heterocycles. The summed E-state index contributed by atoms with van der Waals surface area (Å²) in [5, 5.41) is 20.1. The average Bonchev–Trinajstić information content (AvgIpc) is 2.94. The molecule has 0 bridgehead atoms. The Bertz CT molecular complexity index is 1260. The highest BCUT2D eigenvalue weighted by atomic mass is 16.5. The summed E-state index contributed by atoms with van der Waals surface area (Å²) in [6.07, 6.45) is -3.56. The summed E-state index contributed by atoms with van der Waals surface area (Å²) < 4.78 is 11.5. The fourth-order valence-electron chi connectivity index (χ4n) is 4.33. The Balaban J connectivity index is 0.000000148. The zero-order valence-corrected chi connectivity index (χ0v) is 19.2. The van der Waals surface area contributed by atoms with E-state index in [4.69, 9.17) is 9.47 Å². The van der Waals surface area contributed by atoms with Crippen molar-refractivity contribution in [3.8, 4) is 11.5 Å². The van der Waals surface area contributed by atoms with E-state index in [0.717, 1.165) is 11.1 Å². The van der Waals surface area contributed by atoms with E-state index < -0.39 is 24.4 Å². The number of hydrogen-bond acceptors (Lipinski definition) is 6. The Morgan fingerprint density at radius 1 is 0.472 bits per heavy atom. The maximum Gasteiger partial charge on any atom is 0.199 e. The fourth-order valence-corrected chi connectivity index (χ4v) is 4.33. The molecule has 6 rings (SSSR count). The van der Waals surface area contributed by atoms with E-state index in [1.807, 2.05) is 72.8 Å². The topological polar surface area (TPSA) is 93.1 Å². The molecule has 2 aliphatic rings. The van der Waals surface area contributed by atoms with Gasteiger partial charge in [-0.2, -0.15) is 0 Å². The summed E-state index contributed by atoms with van der Waals surface area (Å²) >= 11 is 0. The molecule has 0 aliphatic carbocycles. The smallest absolute Gasteiger partial charge is 0.199 e. The lowest BCUT2D eigenvalue weighted by atomic mass is 9.94. The third kappa shape index (κ3) is 4.52. The Morgan fingerprint density at radius 3 is 1.19 bits per heavy atom. The molecule has 4 aromatic rings. The predicted octanol–water partition coefficient (Wildman–Crippen LogP) is 4.73. The van der Waals surface area contributed by atoms with E-state index in [1.165, 1.54) is 0 Å².